The lowest BCUT2D eigenvalue weighted by Gasteiger charge is -2.10. The third kappa shape index (κ3) is 2.59. The molecule has 0 aliphatic carbocycles. The average Bonchev–Trinajstić information content (AvgIpc) is 3.35. The Morgan fingerprint density at radius 3 is 2.81 bits per heavy atom. The fraction of sp³-hybridized carbons (Fsp3) is 0.105. The number of nitrogens with zero attached hydrogens (tertiary/aromatic N) is 4. The quantitative estimate of drug-likeness (QED) is 0.613. The molecule has 4 aromatic rings. The molecule has 0 amide bonds. The summed E-state index contributed by atoms with van der Waals surface area (Å²) >= 11 is 0. The van der Waals surface area contributed by atoms with E-state index in [0.29, 0.717) is 12.3 Å². The van der Waals surface area contributed by atoms with Crippen LogP contribution in [0.25, 0.3) is 17.0 Å². The predicted octanol–water partition coefficient (Wildman–Crippen LogP) is 3.13. The van der Waals surface area contributed by atoms with Gasteiger partial charge in [-0.05, 0) is 17.7 Å². The number of fused-ring (bicyclic) bond motifs is 2. The molecule has 26 heavy (non-hydrogen) atoms. The van der Waals surface area contributed by atoms with Gasteiger partial charge in [-0.15, -0.1) is 0 Å². The highest BCUT2D eigenvalue weighted by Crippen LogP contribution is 2.32. The zero-order valence-corrected chi connectivity index (χ0v) is 13.8. The van der Waals surface area contributed by atoms with Crippen molar-refractivity contribution in [1.29, 1.82) is 0 Å². The maximum atomic E-state index is 5.44. The first-order chi connectivity index (χ1) is 12.9. The Labute approximate surface area is 149 Å². The van der Waals surface area contributed by atoms with Crippen LogP contribution >= 0.6 is 0 Å². The molecule has 7 heteroatoms. The Morgan fingerprint density at radius 2 is 1.88 bits per heavy atom. The molecule has 2 aromatic carbocycles. The van der Waals surface area contributed by atoms with Crippen molar-refractivity contribution in [2.24, 2.45) is 0 Å². The van der Waals surface area contributed by atoms with Crippen molar-refractivity contribution >= 4 is 11.6 Å². The molecule has 1 aliphatic rings. The van der Waals surface area contributed by atoms with Crippen molar-refractivity contribution in [2.75, 3.05) is 12.1 Å². The number of nitrogens with one attached hydrogen (secondary N) is 1. The number of rotatable bonds is 4. The molecule has 7 nitrogen and oxygen atoms in total. The van der Waals surface area contributed by atoms with Crippen LogP contribution in [0.5, 0.6) is 11.5 Å². The van der Waals surface area contributed by atoms with Gasteiger partial charge in [0.25, 0.3) is 5.78 Å². The molecule has 0 saturated heterocycles. The number of anilines is 1. The fourth-order valence-corrected chi connectivity index (χ4v) is 2.94. The van der Waals surface area contributed by atoms with Crippen molar-refractivity contribution < 1.29 is 9.47 Å². The SMILES string of the molecule is c1ccc(-c2cc(NCc3ccc4c(c3)OCO4)n3ncnc3n2)cc1. The molecular formula is C19H15N5O2. The number of hydrogen-bond acceptors (Lipinski definition) is 6. The summed E-state index contributed by atoms with van der Waals surface area (Å²) in [6.45, 7) is 0.889. The molecule has 1 aliphatic heterocycles. The minimum absolute atomic E-state index is 0.274. The molecule has 0 bridgehead atoms. The van der Waals surface area contributed by atoms with Crippen LogP contribution in [0.1, 0.15) is 5.56 Å². The monoisotopic (exact) mass is 345 g/mol. The lowest BCUT2D eigenvalue weighted by atomic mass is 10.1. The Balaban J connectivity index is 1.47. The van der Waals surface area contributed by atoms with Crippen molar-refractivity contribution in [3.05, 3.63) is 66.5 Å². The molecular weight excluding hydrogens is 330 g/mol. The van der Waals surface area contributed by atoms with Crippen LogP contribution in [0.3, 0.4) is 0 Å². The van der Waals surface area contributed by atoms with Gasteiger partial charge in [0.05, 0.1) is 5.69 Å². The predicted molar refractivity (Wildman–Crippen MR) is 96.1 cm³/mol. The summed E-state index contributed by atoms with van der Waals surface area (Å²) in [4.78, 5) is 8.81. The van der Waals surface area contributed by atoms with Crippen LogP contribution < -0.4 is 14.8 Å². The lowest BCUT2D eigenvalue weighted by molar-refractivity contribution is 0.174. The highest BCUT2D eigenvalue weighted by Gasteiger charge is 2.14. The van der Waals surface area contributed by atoms with E-state index in [-0.39, 0.29) is 6.79 Å². The summed E-state index contributed by atoms with van der Waals surface area (Å²) in [7, 11) is 0. The Bertz CT molecular complexity index is 1080. The highest BCUT2D eigenvalue weighted by molar-refractivity contribution is 5.65. The molecule has 0 spiro atoms. The average molecular weight is 345 g/mol. The number of hydrogen-bond donors (Lipinski definition) is 1. The molecule has 2 aromatic heterocycles. The van der Waals surface area contributed by atoms with Crippen molar-refractivity contribution in [3.8, 4) is 22.8 Å². The summed E-state index contributed by atoms with van der Waals surface area (Å²) < 4.78 is 12.5. The summed E-state index contributed by atoms with van der Waals surface area (Å²) in [5, 5.41) is 7.67. The first-order valence-electron chi connectivity index (χ1n) is 8.25. The topological polar surface area (TPSA) is 73.6 Å². The first kappa shape index (κ1) is 14.7. The van der Waals surface area contributed by atoms with Gasteiger partial charge in [-0.1, -0.05) is 36.4 Å². The second-order valence-electron chi connectivity index (χ2n) is 5.91. The third-order valence-corrected chi connectivity index (χ3v) is 4.23. The first-order valence-corrected chi connectivity index (χ1v) is 8.25. The lowest BCUT2D eigenvalue weighted by Crippen LogP contribution is -2.07. The van der Waals surface area contributed by atoms with Crippen LogP contribution in [-0.4, -0.2) is 26.4 Å². The van der Waals surface area contributed by atoms with Gasteiger partial charge in [-0.25, -0.2) is 4.98 Å². The van der Waals surface area contributed by atoms with E-state index in [9.17, 15) is 0 Å². The van der Waals surface area contributed by atoms with Gasteiger partial charge < -0.3 is 14.8 Å². The van der Waals surface area contributed by atoms with Crippen LogP contribution in [0.15, 0.2) is 60.9 Å². The summed E-state index contributed by atoms with van der Waals surface area (Å²) in [5.74, 6) is 2.93. The third-order valence-electron chi connectivity index (χ3n) is 4.23. The van der Waals surface area contributed by atoms with Crippen LogP contribution in [-0.2, 0) is 6.54 Å². The Morgan fingerprint density at radius 1 is 1.00 bits per heavy atom. The largest absolute Gasteiger partial charge is 0.454 e. The standard InChI is InChI=1S/C19H15N5O2/c1-2-4-14(5-3-1)15-9-18(24-19(23-15)21-11-22-24)20-10-13-6-7-16-17(8-13)26-12-25-16/h1-9,11,20H,10,12H2. The fourth-order valence-electron chi connectivity index (χ4n) is 2.94. The molecule has 0 saturated carbocycles. The van der Waals surface area contributed by atoms with E-state index in [0.717, 1.165) is 34.1 Å². The second kappa shape index (κ2) is 6.03. The van der Waals surface area contributed by atoms with E-state index >= 15 is 0 Å². The van der Waals surface area contributed by atoms with Gasteiger partial charge in [0, 0.05) is 18.2 Å². The van der Waals surface area contributed by atoms with Gasteiger partial charge in [0.1, 0.15) is 12.1 Å². The maximum Gasteiger partial charge on any atom is 0.254 e. The van der Waals surface area contributed by atoms with Gasteiger partial charge in [-0.2, -0.15) is 14.6 Å². The second-order valence-corrected chi connectivity index (χ2v) is 5.91. The zero-order chi connectivity index (χ0) is 17.3. The van der Waals surface area contributed by atoms with Crippen molar-refractivity contribution in [1.82, 2.24) is 19.6 Å². The van der Waals surface area contributed by atoms with Gasteiger partial charge in [0.2, 0.25) is 6.79 Å². The van der Waals surface area contributed by atoms with Gasteiger partial charge >= 0.3 is 0 Å². The maximum absolute atomic E-state index is 5.44. The molecule has 3 heterocycles. The molecule has 1 N–H and O–H groups in total. The molecule has 0 radical (unpaired) electrons. The van der Waals surface area contributed by atoms with E-state index in [1.54, 1.807) is 4.52 Å². The Kier molecular flexibility index (Phi) is 3.41. The summed E-state index contributed by atoms with van der Waals surface area (Å²) in [6.07, 6.45) is 1.50. The van der Waals surface area contributed by atoms with Gasteiger partial charge in [0.15, 0.2) is 11.5 Å². The highest BCUT2D eigenvalue weighted by atomic mass is 16.7. The molecule has 5 rings (SSSR count). The van der Waals surface area contributed by atoms with E-state index < -0.39 is 0 Å². The summed E-state index contributed by atoms with van der Waals surface area (Å²) in [6, 6.07) is 17.9. The summed E-state index contributed by atoms with van der Waals surface area (Å²) in [5.41, 5.74) is 2.96. The number of benzene rings is 2. The molecule has 0 atom stereocenters. The number of aromatic nitrogens is 4. The molecule has 128 valence electrons. The van der Waals surface area contributed by atoms with Gasteiger partial charge in [-0.3, -0.25) is 0 Å². The van der Waals surface area contributed by atoms with Crippen LogP contribution in [0.2, 0.25) is 0 Å². The van der Waals surface area contributed by atoms with E-state index in [1.165, 1.54) is 6.33 Å². The minimum atomic E-state index is 0.274. The van der Waals surface area contributed by atoms with E-state index in [2.05, 4.69) is 20.4 Å². The smallest absolute Gasteiger partial charge is 0.254 e. The van der Waals surface area contributed by atoms with E-state index in [1.807, 2.05) is 54.6 Å². The van der Waals surface area contributed by atoms with Crippen molar-refractivity contribution in [3.63, 3.8) is 0 Å². The van der Waals surface area contributed by atoms with E-state index in [4.69, 9.17) is 9.47 Å². The van der Waals surface area contributed by atoms with Crippen molar-refractivity contribution in [2.45, 2.75) is 6.54 Å². The zero-order valence-electron chi connectivity index (χ0n) is 13.8. The van der Waals surface area contributed by atoms with Crippen LogP contribution in [0.4, 0.5) is 5.82 Å². The number of ether oxygens (including phenoxy) is 2. The Hall–Kier alpha value is -3.61. The van der Waals surface area contributed by atoms with Crippen LogP contribution in [0, 0.1) is 0 Å². The normalized spacial score (nSPS) is 12.5. The minimum Gasteiger partial charge on any atom is -0.454 e. The molecule has 0 fully saturated rings. The molecule has 0 unspecified atom stereocenters.